The average molecular weight is 417 g/mol. The fourth-order valence-electron chi connectivity index (χ4n) is 3.10. The van der Waals surface area contributed by atoms with E-state index in [1.807, 2.05) is 36.1 Å². The molecule has 7 nitrogen and oxygen atoms in total. The molecule has 0 atom stereocenters. The summed E-state index contributed by atoms with van der Waals surface area (Å²) in [4.78, 5) is 25.8. The van der Waals surface area contributed by atoms with Crippen molar-refractivity contribution in [2.45, 2.75) is 17.8 Å². The first-order chi connectivity index (χ1) is 13.5. The molecular weight excluding hydrogens is 396 g/mol. The van der Waals surface area contributed by atoms with Gasteiger partial charge in [-0.1, -0.05) is 35.5 Å². The van der Waals surface area contributed by atoms with Crippen molar-refractivity contribution < 1.29 is 4.79 Å². The van der Waals surface area contributed by atoms with E-state index < -0.39 is 0 Å². The lowest BCUT2D eigenvalue weighted by molar-refractivity contribution is 0.0662. The summed E-state index contributed by atoms with van der Waals surface area (Å²) < 4.78 is 1.66. The molecule has 0 radical (unpaired) electrons. The number of carbonyl (C=O) groups excluding carboxylic acids is 1. The highest BCUT2D eigenvalue weighted by atomic mass is 35.5. The molecule has 3 aromatic rings. The van der Waals surface area contributed by atoms with Crippen LogP contribution < -0.4 is 0 Å². The Balaban J connectivity index is 1.52. The van der Waals surface area contributed by atoms with Gasteiger partial charge in [0.1, 0.15) is 0 Å². The number of rotatable bonds is 4. The largest absolute Gasteiger partial charge is 0.336 e. The number of hydrogen-bond acceptors (Lipinski definition) is 6. The molecule has 0 N–H and O–H groups in total. The number of nitrogens with zero attached hydrogens (tertiary/aromatic N) is 6. The third-order valence-corrected chi connectivity index (χ3v) is 6.05. The Kier molecular flexibility index (Phi) is 5.52. The SMILES string of the molecule is Cc1c(C(=O)N2CCN(C)CC2)cnc2nc(SCc3ccc(Cl)cc3)nn12. The van der Waals surface area contributed by atoms with Crippen LogP contribution in [0.15, 0.2) is 35.6 Å². The Labute approximate surface area is 172 Å². The maximum Gasteiger partial charge on any atom is 0.257 e. The standard InChI is InChI=1S/C19H21ClN6OS/c1-13-16(17(27)25-9-7-24(2)8-10-25)11-21-18-22-19(23-26(13)18)28-12-14-3-5-15(20)6-4-14/h3-6,11H,7-10,12H2,1-2H3. The van der Waals surface area contributed by atoms with Crippen LogP contribution in [0.3, 0.4) is 0 Å². The van der Waals surface area contributed by atoms with Gasteiger partial charge in [-0.15, -0.1) is 5.10 Å². The van der Waals surface area contributed by atoms with E-state index >= 15 is 0 Å². The van der Waals surface area contributed by atoms with Crippen LogP contribution in [0.4, 0.5) is 0 Å². The average Bonchev–Trinajstić information content (AvgIpc) is 3.12. The molecular formula is C19H21ClN6OS. The Morgan fingerprint density at radius 1 is 1.18 bits per heavy atom. The predicted octanol–water partition coefficient (Wildman–Crippen LogP) is 2.77. The molecule has 0 saturated carbocycles. The minimum atomic E-state index is 0.00543. The van der Waals surface area contributed by atoms with E-state index in [2.05, 4.69) is 27.0 Å². The van der Waals surface area contributed by atoms with Crippen LogP contribution in [0.1, 0.15) is 21.6 Å². The lowest BCUT2D eigenvalue weighted by atomic mass is 10.2. The fourth-order valence-corrected chi connectivity index (χ4v) is 4.00. The summed E-state index contributed by atoms with van der Waals surface area (Å²) in [5.74, 6) is 1.25. The van der Waals surface area contributed by atoms with Gasteiger partial charge in [-0.05, 0) is 31.7 Å². The van der Waals surface area contributed by atoms with Crippen molar-refractivity contribution in [2.75, 3.05) is 33.2 Å². The van der Waals surface area contributed by atoms with Crippen molar-refractivity contribution in [2.24, 2.45) is 0 Å². The molecule has 0 bridgehead atoms. The molecule has 1 aromatic carbocycles. The summed E-state index contributed by atoms with van der Waals surface area (Å²) in [6.07, 6.45) is 1.62. The third kappa shape index (κ3) is 3.99. The Morgan fingerprint density at radius 2 is 1.89 bits per heavy atom. The summed E-state index contributed by atoms with van der Waals surface area (Å²) in [7, 11) is 2.07. The van der Waals surface area contributed by atoms with Crippen molar-refractivity contribution in [3.63, 3.8) is 0 Å². The molecule has 4 rings (SSSR count). The van der Waals surface area contributed by atoms with Crippen LogP contribution in [0.2, 0.25) is 5.02 Å². The number of likely N-dealkylation sites (N-methyl/N-ethyl adjacent to an activating group) is 1. The zero-order valence-electron chi connectivity index (χ0n) is 15.8. The Bertz CT molecular complexity index is 998. The highest BCUT2D eigenvalue weighted by molar-refractivity contribution is 7.98. The quantitative estimate of drug-likeness (QED) is 0.609. The molecule has 1 amide bonds. The first kappa shape index (κ1) is 19.2. The molecule has 3 heterocycles. The van der Waals surface area contributed by atoms with Crippen LogP contribution in [0.25, 0.3) is 5.78 Å². The number of fused-ring (bicyclic) bond motifs is 1. The molecule has 146 valence electrons. The minimum Gasteiger partial charge on any atom is -0.336 e. The number of halogens is 1. The second-order valence-electron chi connectivity index (χ2n) is 6.87. The van der Waals surface area contributed by atoms with E-state index in [4.69, 9.17) is 11.6 Å². The number of benzene rings is 1. The highest BCUT2D eigenvalue weighted by Gasteiger charge is 2.23. The van der Waals surface area contributed by atoms with Gasteiger partial charge >= 0.3 is 0 Å². The van der Waals surface area contributed by atoms with Crippen molar-refractivity contribution in [3.05, 3.63) is 52.3 Å². The van der Waals surface area contributed by atoms with E-state index in [1.165, 1.54) is 11.8 Å². The van der Waals surface area contributed by atoms with Gasteiger partial charge in [0.2, 0.25) is 5.16 Å². The number of thioether (sulfide) groups is 1. The summed E-state index contributed by atoms with van der Waals surface area (Å²) in [5.41, 5.74) is 2.49. The molecule has 1 aliphatic rings. The fraction of sp³-hybridized carbons (Fsp3) is 0.368. The summed E-state index contributed by atoms with van der Waals surface area (Å²) >= 11 is 7.46. The Morgan fingerprint density at radius 3 is 2.61 bits per heavy atom. The normalized spacial score (nSPS) is 15.3. The number of hydrogen-bond donors (Lipinski definition) is 0. The molecule has 28 heavy (non-hydrogen) atoms. The number of aromatic nitrogens is 4. The van der Waals surface area contributed by atoms with Crippen LogP contribution in [0, 0.1) is 6.92 Å². The summed E-state index contributed by atoms with van der Waals surface area (Å²) in [6, 6.07) is 7.72. The summed E-state index contributed by atoms with van der Waals surface area (Å²) in [6.45, 7) is 5.11. The molecule has 2 aromatic heterocycles. The maximum atomic E-state index is 12.9. The third-order valence-electron chi connectivity index (χ3n) is 4.89. The molecule has 0 unspecified atom stereocenters. The van der Waals surface area contributed by atoms with Crippen LogP contribution >= 0.6 is 23.4 Å². The molecule has 1 saturated heterocycles. The van der Waals surface area contributed by atoms with Gasteiger partial charge < -0.3 is 9.80 Å². The van der Waals surface area contributed by atoms with Crippen molar-refractivity contribution in [3.8, 4) is 0 Å². The van der Waals surface area contributed by atoms with Crippen molar-refractivity contribution in [1.82, 2.24) is 29.4 Å². The Hall–Kier alpha value is -2.16. The van der Waals surface area contributed by atoms with Crippen molar-refractivity contribution >= 4 is 35.0 Å². The van der Waals surface area contributed by atoms with Gasteiger partial charge in [-0.25, -0.2) is 4.98 Å². The molecule has 1 aliphatic heterocycles. The molecule has 1 fully saturated rings. The van der Waals surface area contributed by atoms with Gasteiger partial charge in [-0.2, -0.15) is 9.50 Å². The number of amides is 1. The smallest absolute Gasteiger partial charge is 0.257 e. The van der Waals surface area contributed by atoms with E-state index in [-0.39, 0.29) is 5.91 Å². The van der Waals surface area contributed by atoms with E-state index in [1.54, 1.807) is 10.7 Å². The lowest BCUT2D eigenvalue weighted by Crippen LogP contribution is -2.47. The molecule has 0 spiro atoms. The topological polar surface area (TPSA) is 66.6 Å². The van der Waals surface area contributed by atoms with E-state index in [9.17, 15) is 4.79 Å². The van der Waals surface area contributed by atoms with Gasteiger partial charge in [0.15, 0.2) is 0 Å². The molecule has 9 heteroatoms. The van der Waals surface area contributed by atoms with Crippen LogP contribution in [0.5, 0.6) is 0 Å². The van der Waals surface area contributed by atoms with Crippen molar-refractivity contribution in [1.29, 1.82) is 0 Å². The maximum absolute atomic E-state index is 12.9. The molecule has 0 aliphatic carbocycles. The van der Waals surface area contributed by atoms with Gasteiger partial charge in [-0.3, -0.25) is 4.79 Å². The van der Waals surface area contributed by atoms with Gasteiger partial charge in [0.25, 0.3) is 11.7 Å². The van der Waals surface area contributed by atoms with E-state index in [0.29, 0.717) is 16.5 Å². The zero-order valence-corrected chi connectivity index (χ0v) is 17.4. The highest BCUT2D eigenvalue weighted by Crippen LogP contribution is 2.22. The second kappa shape index (κ2) is 8.06. The second-order valence-corrected chi connectivity index (χ2v) is 8.25. The number of piperazine rings is 1. The zero-order chi connectivity index (χ0) is 19.7. The lowest BCUT2D eigenvalue weighted by Gasteiger charge is -2.32. The van der Waals surface area contributed by atoms with Gasteiger partial charge in [0, 0.05) is 43.2 Å². The monoisotopic (exact) mass is 416 g/mol. The number of carbonyl (C=O) groups is 1. The minimum absolute atomic E-state index is 0.00543. The predicted molar refractivity (Wildman–Crippen MR) is 110 cm³/mol. The first-order valence-electron chi connectivity index (χ1n) is 9.09. The van der Waals surface area contributed by atoms with Crippen LogP contribution in [-0.2, 0) is 5.75 Å². The van der Waals surface area contributed by atoms with E-state index in [0.717, 1.165) is 48.2 Å². The summed E-state index contributed by atoms with van der Waals surface area (Å²) in [5, 5.41) is 5.90. The number of aryl methyl sites for hydroxylation is 1. The van der Waals surface area contributed by atoms with Gasteiger partial charge in [0.05, 0.1) is 11.3 Å². The first-order valence-corrected chi connectivity index (χ1v) is 10.4. The van der Waals surface area contributed by atoms with Crippen LogP contribution in [-0.4, -0.2) is 68.5 Å².